The van der Waals surface area contributed by atoms with Crippen LogP contribution in [0.25, 0.3) is 63.3 Å². The molecule has 0 aliphatic carbocycles. The summed E-state index contributed by atoms with van der Waals surface area (Å²) in [5.74, 6) is 7.04. The van der Waals surface area contributed by atoms with Gasteiger partial charge in [-0.05, 0) is 79.5 Å². The third kappa shape index (κ3) is 3.91. The first-order valence-corrected chi connectivity index (χ1v) is 15.0. The highest BCUT2D eigenvalue weighted by molar-refractivity contribution is 7.24. The maximum atomic E-state index is 3.55. The molecule has 2 aromatic heterocycles. The Morgan fingerprint density at radius 3 is 1.43 bits per heavy atom. The number of fused-ring (bicyclic) bond motifs is 4. The molecule has 0 atom stereocenters. The fourth-order valence-corrected chi connectivity index (χ4v) is 7.72. The standard InChI is InChI=1S/C38H22S2/c1-5-13-30-25(9-1)23-26-10-2-6-14-31(26)34(30)19-17-29-18-20-35(39-29)36-21-22-37(40-36)38-32-15-7-3-11-27(32)24-28-12-4-8-16-33(28)38/h1-16,18,20-24H. The van der Waals surface area contributed by atoms with Crippen molar-refractivity contribution in [1.29, 1.82) is 0 Å². The zero-order valence-electron chi connectivity index (χ0n) is 21.5. The van der Waals surface area contributed by atoms with Crippen LogP contribution in [0, 0.1) is 11.8 Å². The molecule has 186 valence electrons. The molecular weight excluding hydrogens is 521 g/mol. The zero-order valence-corrected chi connectivity index (χ0v) is 23.2. The van der Waals surface area contributed by atoms with Gasteiger partial charge in [0.1, 0.15) is 0 Å². The topological polar surface area (TPSA) is 0 Å². The molecule has 8 aromatic rings. The van der Waals surface area contributed by atoms with Crippen LogP contribution in [0.3, 0.4) is 0 Å². The fraction of sp³-hybridized carbons (Fsp3) is 0. The highest BCUT2D eigenvalue weighted by Crippen LogP contribution is 2.43. The van der Waals surface area contributed by atoms with Crippen molar-refractivity contribution in [2.24, 2.45) is 0 Å². The molecule has 0 saturated carbocycles. The first kappa shape index (κ1) is 23.2. The summed E-state index contributed by atoms with van der Waals surface area (Å²) in [7, 11) is 0. The molecule has 0 fully saturated rings. The average molecular weight is 543 g/mol. The van der Waals surface area contributed by atoms with E-state index >= 15 is 0 Å². The minimum Gasteiger partial charge on any atom is -0.134 e. The molecule has 0 N–H and O–H groups in total. The summed E-state index contributed by atoms with van der Waals surface area (Å²) in [6.45, 7) is 0. The van der Waals surface area contributed by atoms with Gasteiger partial charge in [-0.25, -0.2) is 0 Å². The van der Waals surface area contributed by atoms with Gasteiger partial charge in [-0.2, -0.15) is 0 Å². The molecule has 0 bridgehead atoms. The van der Waals surface area contributed by atoms with Gasteiger partial charge in [0.25, 0.3) is 0 Å². The molecule has 2 heterocycles. The Labute approximate surface area is 240 Å². The summed E-state index contributed by atoms with van der Waals surface area (Å²) in [5, 5.41) is 10.0. The lowest BCUT2D eigenvalue weighted by Gasteiger charge is -2.10. The predicted molar refractivity (Wildman–Crippen MR) is 176 cm³/mol. The highest BCUT2D eigenvalue weighted by Gasteiger charge is 2.13. The maximum Gasteiger partial charge on any atom is 0.0779 e. The number of hydrogen-bond donors (Lipinski definition) is 0. The minimum absolute atomic E-state index is 1.08. The fourth-order valence-electron chi connectivity index (χ4n) is 5.69. The highest BCUT2D eigenvalue weighted by atomic mass is 32.1. The van der Waals surface area contributed by atoms with Crippen LogP contribution in [0.5, 0.6) is 0 Å². The van der Waals surface area contributed by atoms with Crippen molar-refractivity contribution in [3.05, 3.63) is 144 Å². The normalized spacial score (nSPS) is 11.3. The summed E-state index contributed by atoms with van der Waals surface area (Å²) in [4.78, 5) is 4.91. The van der Waals surface area contributed by atoms with Gasteiger partial charge in [0, 0.05) is 25.8 Å². The number of hydrogen-bond acceptors (Lipinski definition) is 2. The first-order chi connectivity index (χ1) is 19.8. The Kier molecular flexibility index (Phi) is 5.52. The quantitative estimate of drug-likeness (QED) is 0.150. The van der Waals surface area contributed by atoms with Crippen molar-refractivity contribution in [2.45, 2.75) is 0 Å². The van der Waals surface area contributed by atoms with Crippen molar-refractivity contribution in [3.63, 3.8) is 0 Å². The Morgan fingerprint density at radius 2 is 0.825 bits per heavy atom. The van der Waals surface area contributed by atoms with Crippen molar-refractivity contribution >= 4 is 65.8 Å². The average Bonchev–Trinajstić information content (AvgIpc) is 3.68. The van der Waals surface area contributed by atoms with Crippen molar-refractivity contribution in [1.82, 2.24) is 0 Å². The van der Waals surface area contributed by atoms with Crippen LogP contribution in [0.2, 0.25) is 0 Å². The van der Waals surface area contributed by atoms with E-state index in [4.69, 9.17) is 0 Å². The van der Waals surface area contributed by atoms with Gasteiger partial charge < -0.3 is 0 Å². The Hall–Kier alpha value is -4.68. The van der Waals surface area contributed by atoms with Gasteiger partial charge in [0.05, 0.1) is 4.88 Å². The molecule has 0 unspecified atom stereocenters. The van der Waals surface area contributed by atoms with Crippen molar-refractivity contribution < 1.29 is 0 Å². The number of benzene rings is 6. The van der Waals surface area contributed by atoms with Crippen LogP contribution in [0.1, 0.15) is 10.4 Å². The molecule has 8 rings (SSSR count). The van der Waals surface area contributed by atoms with E-state index in [2.05, 4.69) is 145 Å². The molecule has 0 spiro atoms. The van der Waals surface area contributed by atoms with E-state index in [1.54, 1.807) is 11.3 Å². The lowest BCUT2D eigenvalue weighted by Crippen LogP contribution is -1.84. The summed E-state index contributed by atoms with van der Waals surface area (Å²) in [5.41, 5.74) is 2.43. The first-order valence-electron chi connectivity index (χ1n) is 13.4. The third-order valence-corrected chi connectivity index (χ3v) is 9.85. The van der Waals surface area contributed by atoms with Gasteiger partial charge in [-0.15, -0.1) is 22.7 Å². The summed E-state index contributed by atoms with van der Waals surface area (Å²) >= 11 is 3.63. The van der Waals surface area contributed by atoms with E-state index in [1.165, 1.54) is 63.3 Å². The second kappa shape index (κ2) is 9.50. The largest absolute Gasteiger partial charge is 0.134 e. The monoisotopic (exact) mass is 542 g/mol. The third-order valence-electron chi connectivity index (χ3n) is 7.55. The van der Waals surface area contributed by atoms with E-state index in [0.29, 0.717) is 0 Å². The lowest BCUT2D eigenvalue weighted by atomic mass is 9.96. The SMILES string of the molecule is C(#Cc1c2ccccc2cc2ccccc12)c1ccc(-c2ccc(-c3c4ccccc4cc4ccccc34)s2)s1. The molecule has 0 amide bonds. The van der Waals surface area contributed by atoms with Crippen LogP contribution in [-0.2, 0) is 0 Å². The van der Waals surface area contributed by atoms with E-state index < -0.39 is 0 Å². The van der Waals surface area contributed by atoms with Crippen LogP contribution in [-0.4, -0.2) is 0 Å². The van der Waals surface area contributed by atoms with Crippen LogP contribution in [0.4, 0.5) is 0 Å². The Morgan fingerprint density at radius 1 is 0.375 bits per heavy atom. The molecule has 2 heteroatoms. The minimum atomic E-state index is 1.08. The van der Waals surface area contributed by atoms with Gasteiger partial charge >= 0.3 is 0 Å². The van der Waals surface area contributed by atoms with Crippen LogP contribution < -0.4 is 0 Å². The van der Waals surface area contributed by atoms with E-state index in [0.717, 1.165) is 10.4 Å². The maximum absolute atomic E-state index is 3.55. The summed E-state index contributed by atoms with van der Waals surface area (Å²) in [6.07, 6.45) is 0. The van der Waals surface area contributed by atoms with E-state index in [-0.39, 0.29) is 0 Å². The van der Waals surface area contributed by atoms with E-state index in [1.807, 2.05) is 11.3 Å². The molecule has 0 radical (unpaired) electrons. The number of rotatable bonds is 2. The molecule has 0 saturated heterocycles. The second-order valence-electron chi connectivity index (χ2n) is 9.97. The second-order valence-corrected chi connectivity index (χ2v) is 12.1. The lowest BCUT2D eigenvalue weighted by molar-refractivity contribution is 1.73. The molecule has 0 aliphatic heterocycles. The van der Waals surface area contributed by atoms with Gasteiger partial charge in [-0.1, -0.05) is 109 Å². The van der Waals surface area contributed by atoms with Gasteiger partial charge in [-0.3, -0.25) is 0 Å². The Balaban J connectivity index is 1.20. The number of thiophene rings is 2. The Bertz CT molecular complexity index is 2180. The van der Waals surface area contributed by atoms with Gasteiger partial charge in [0.2, 0.25) is 0 Å². The smallest absolute Gasteiger partial charge is 0.0779 e. The molecule has 40 heavy (non-hydrogen) atoms. The molecule has 0 aliphatic rings. The molecule has 6 aromatic carbocycles. The summed E-state index contributed by atoms with van der Waals surface area (Å²) in [6, 6.07) is 48.0. The van der Waals surface area contributed by atoms with E-state index in [9.17, 15) is 0 Å². The van der Waals surface area contributed by atoms with Gasteiger partial charge in [0.15, 0.2) is 0 Å². The predicted octanol–water partition coefficient (Wildman–Crippen LogP) is 11.2. The molecular formula is C38H22S2. The van der Waals surface area contributed by atoms with Crippen LogP contribution in [0.15, 0.2) is 133 Å². The summed E-state index contributed by atoms with van der Waals surface area (Å²) < 4.78 is 0. The van der Waals surface area contributed by atoms with Crippen molar-refractivity contribution in [2.75, 3.05) is 0 Å². The van der Waals surface area contributed by atoms with Crippen molar-refractivity contribution in [3.8, 4) is 32.0 Å². The van der Waals surface area contributed by atoms with Crippen LogP contribution >= 0.6 is 22.7 Å². The zero-order chi connectivity index (χ0) is 26.5. The molecule has 0 nitrogen and oxygen atoms in total.